The summed E-state index contributed by atoms with van der Waals surface area (Å²) in [4.78, 5) is 16.0. The van der Waals surface area contributed by atoms with Crippen LogP contribution in [0.5, 0.6) is 0 Å². The lowest BCUT2D eigenvalue weighted by Gasteiger charge is -2.41. The van der Waals surface area contributed by atoms with Crippen molar-refractivity contribution < 1.29 is 9.53 Å². The van der Waals surface area contributed by atoms with Gasteiger partial charge in [0.15, 0.2) is 0 Å². The van der Waals surface area contributed by atoms with E-state index in [0.717, 1.165) is 12.8 Å². The van der Waals surface area contributed by atoms with Crippen molar-refractivity contribution in [3.05, 3.63) is 29.8 Å². The maximum absolute atomic E-state index is 12.4. The maximum atomic E-state index is 12.4. The number of esters is 1. The third kappa shape index (κ3) is 2.59. The first-order chi connectivity index (χ1) is 10.2. The fraction of sp³-hybridized carbons (Fsp3) is 0.588. The van der Waals surface area contributed by atoms with Crippen LogP contribution in [0.2, 0.25) is 0 Å². The molecule has 0 radical (unpaired) electrons. The average Bonchev–Trinajstić information content (AvgIpc) is 2.76. The molecule has 1 aromatic rings. The van der Waals surface area contributed by atoms with Gasteiger partial charge in [0.25, 0.3) is 0 Å². The number of ether oxygens (including phenoxy) is 1. The van der Waals surface area contributed by atoms with Gasteiger partial charge in [-0.3, -0.25) is 9.69 Å². The number of nitrogens with zero attached hydrogens (tertiary/aromatic N) is 1. The Kier molecular flexibility index (Phi) is 4.27. The molecule has 21 heavy (non-hydrogen) atoms. The zero-order chi connectivity index (χ0) is 15.0. The molecule has 0 N–H and O–H groups in total. The molecule has 2 aliphatic heterocycles. The van der Waals surface area contributed by atoms with Gasteiger partial charge in [-0.25, -0.2) is 0 Å². The first-order valence-electron chi connectivity index (χ1n) is 7.59. The standard InChI is InChI=1S/C17H23NO2S/c1-18-12-6-9-15(18)16(17(19)20-2)14(10-12)11-4-7-13(21-3)8-5-11/h4-5,7-8,12,14-16H,6,9-10H2,1-3H3/t12-,14+,15+,16-/m0/s1. The van der Waals surface area contributed by atoms with E-state index in [9.17, 15) is 4.79 Å². The number of methoxy groups -OCH3 is 1. The third-order valence-corrected chi connectivity index (χ3v) is 6.03. The van der Waals surface area contributed by atoms with Crippen LogP contribution in [-0.2, 0) is 9.53 Å². The SMILES string of the molecule is COC(=O)[C@H]1[C@@H](c2ccc(SC)cc2)C[C@@H]2CC[C@H]1N2C. The molecule has 0 spiro atoms. The van der Waals surface area contributed by atoms with E-state index in [1.165, 1.54) is 24.0 Å². The molecule has 0 aromatic heterocycles. The molecule has 3 nitrogen and oxygen atoms in total. The first kappa shape index (κ1) is 14.9. The molecule has 0 unspecified atom stereocenters. The van der Waals surface area contributed by atoms with Crippen molar-refractivity contribution in [1.29, 1.82) is 0 Å². The minimum absolute atomic E-state index is 0.0288. The van der Waals surface area contributed by atoms with Crippen LogP contribution < -0.4 is 0 Å². The van der Waals surface area contributed by atoms with Gasteiger partial charge in [0, 0.05) is 22.9 Å². The van der Waals surface area contributed by atoms with E-state index in [0.29, 0.717) is 18.0 Å². The number of rotatable bonds is 3. The summed E-state index contributed by atoms with van der Waals surface area (Å²) in [5, 5.41) is 0. The summed E-state index contributed by atoms with van der Waals surface area (Å²) in [5.41, 5.74) is 1.29. The van der Waals surface area contributed by atoms with Crippen LogP contribution in [0.15, 0.2) is 29.2 Å². The van der Waals surface area contributed by atoms with Gasteiger partial charge in [-0.1, -0.05) is 12.1 Å². The number of hydrogen-bond acceptors (Lipinski definition) is 4. The molecule has 0 amide bonds. The average molecular weight is 305 g/mol. The summed E-state index contributed by atoms with van der Waals surface area (Å²) in [6, 6.07) is 9.65. The lowest BCUT2D eigenvalue weighted by molar-refractivity contribution is -0.150. The predicted molar refractivity (Wildman–Crippen MR) is 85.7 cm³/mol. The van der Waals surface area contributed by atoms with E-state index in [-0.39, 0.29) is 11.9 Å². The topological polar surface area (TPSA) is 29.5 Å². The highest BCUT2D eigenvalue weighted by Gasteiger charge is 2.49. The lowest BCUT2D eigenvalue weighted by Crippen LogP contribution is -2.49. The van der Waals surface area contributed by atoms with E-state index in [1.807, 2.05) is 0 Å². The van der Waals surface area contributed by atoms with E-state index >= 15 is 0 Å². The Balaban J connectivity index is 1.92. The minimum Gasteiger partial charge on any atom is -0.469 e. The fourth-order valence-electron chi connectivity index (χ4n) is 4.12. The Bertz CT molecular complexity index is 516. The Morgan fingerprint density at radius 1 is 1.29 bits per heavy atom. The Morgan fingerprint density at radius 3 is 2.62 bits per heavy atom. The van der Waals surface area contributed by atoms with Crippen LogP contribution in [0, 0.1) is 5.92 Å². The smallest absolute Gasteiger partial charge is 0.310 e. The number of carbonyl (C=O) groups is 1. The van der Waals surface area contributed by atoms with Crippen molar-refractivity contribution in [1.82, 2.24) is 4.90 Å². The summed E-state index contributed by atoms with van der Waals surface area (Å²) in [7, 11) is 3.67. The molecule has 4 atom stereocenters. The number of piperidine rings is 1. The molecule has 0 aliphatic carbocycles. The van der Waals surface area contributed by atoms with E-state index in [1.54, 1.807) is 11.8 Å². The van der Waals surface area contributed by atoms with E-state index < -0.39 is 0 Å². The van der Waals surface area contributed by atoms with Gasteiger partial charge in [0.1, 0.15) is 0 Å². The van der Waals surface area contributed by atoms with Gasteiger partial charge in [-0.2, -0.15) is 0 Å². The Morgan fingerprint density at radius 2 is 2.00 bits per heavy atom. The second-order valence-corrected chi connectivity index (χ2v) is 7.01. The lowest BCUT2D eigenvalue weighted by atomic mass is 9.76. The largest absolute Gasteiger partial charge is 0.469 e. The molecule has 1 aromatic carbocycles. The number of hydrogen-bond donors (Lipinski definition) is 0. The first-order valence-corrected chi connectivity index (χ1v) is 8.82. The molecular formula is C17H23NO2S. The molecule has 2 aliphatic rings. The Labute approximate surface area is 131 Å². The van der Waals surface area contributed by atoms with Crippen molar-refractivity contribution in [2.45, 2.75) is 42.2 Å². The van der Waals surface area contributed by atoms with Crippen LogP contribution in [-0.4, -0.2) is 43.4 Å². The summed E-state index contributed by atoms with van der Waals surface area (Å²) >= 11 is 1.75. The number of benzene rings is 1. The van der Waals surface area contributed by atoms with Gasteiger partial charge in [0.05, 0.1) is 13.0 Å². The van der Waals surface area contributed by atoms with Gasteiger partial charge in [0.2, 0.25) is 0 Å². The van der Waals surface area contributed by atoms with Gasteiger partial charge in [-0.05, 0) is 50.3 Å². The summed E-state index contributed by atoms with van der Waals surface area (Å²) < 4.78 is 5.12. The third-order valence-electron chi connectivity index (χ3n) is 5.29. The normalized spacial score (nSPS) is 32.1. The minimum atomic E-state index is -0.0499. The maximum Gasteiger partial charge on any atom is 0.310 e. The second kappa shape index (κ2) is 6.01. The van der Waals surface area contributed by atoms with Crippen LogP contribution >= 0.6 is 11.8 Å². The molecule has 3 rings (SSSR count). The zero-order valence-corrected chi connectivity index (χ0v) is 13.7. The zero-order valence-electron chi connectivity index (χ0n) is 12.9. The highest BCUT2D eigenvalue weighted by molar-refractivity contribution is 7.98. The summed E-state index contributed by atoms with van der Waals surface area (Å²) in [6.07, 6.45) is 5.46. The van der Waals surface area contributed by atoms with Gasteiger partial charge in [-0.15, -0.1) is 11.8 Å². The highest BCUT2D eigenvalue weighted by atomic mass is 32.2. The van der Waals surface area contributed by atoms with Gasteiger partial charge < -0.3 is 4.74 Å². The van der Waals surface area contributed by atoms with E-state index in [2.05, 4.69) is 42.5 Å². The Hall–Kier alpha value is -1.00. The number of carbonyl (C=O) groups excluding carboxylic acids is 1. The monoisotopic (exact) mass is 305 g/mol. The second-order valence-electron chi connectivity index (χ2n) is 6.13. The van der Waals surface area contributed by atoms with Crippen LogP contribution in [0.1, 0.15) is 30.7 Å². The number of fused-ring (bicyclic) bond motifs is 2. The van der Waals surface area contributed by atoms with Gasteiger partial charge >= 0.3 is 5.97 Å². The van der Waals surface area contributed by atoms with Crippen molar-refractivity contribution in [2.24, 2.45) is 5.92 Å². The molecular weight excluding hydrogens is 282 g/mol. The van der Waals surface area contributed by atoms with Crippen molar-refractivity contribution in [3.63, 3.8) is 0 Å². The van der Waals surface area contributed by atoms with Crippen molar-refractivity contribution in [3.8, 4) is 0 Å². The van der Waals surface area contributed by atoms with Crippen LogP contribution in [0.25, 0.3) is 0 Å². The molecule has 114 valence electrons. The predicted octanol–water partition coefficient (Wildman–Crippen LogP) is 3.15. The fourth-order valence-corrected chi connectivity index (χ4v) is 4.53. The molecule has 2 fully saturated rings. The molecule has 2 heterocycles. The van der Waals surface area contributed by atoms with Crippen molar-refractivity contribution in [2.75, 3.05) is 20.4 Å². The quantitative estimate of drug-likeness (QED) is 0.634. The molecule has 4 heteroatoms. The summed E-state index contributed by atoms with van der Waals surface area (Å²) in [5.74, 6) is 0.215. The van der Waals surface area contributed by atoms with E-state index in [4.69, 9.17) is 4.74 Å². The molecule has 2 saturated heterocycles. The van der Waals surface area contributed by atoms with Crippen LogP contribution in [0.3, 0.4) is 0 Å². The molecule has 2 bridgehead atoms. The van der Waals surface area contributed by atoms with Crippen molar-refractivity contribution >= 4 is 17.7 Å². The van der Waals surface area contributed by atoms with Crippen LogP contribution in [0.4, 0.5) is 0 Å². The summed E-state index contributed by atoms with van der Waals surface area (Å²) in [6.45, 7) is 0. The molecule has 0 saturated carbocycles. The number of thioether (sulfide) groups is 1. The highest BCUT2D eigenvalue weighted by Crippen LogP contribution is 2.46.